The van der Waals surface area contributed by atoms with Gasteiger partial charge in [0.25, 0.3) is 0 Å². The van der Waals surface area contributed by atoms with Gasteiger partial charge in [0.1, 0.15) is 0 Å². The van der Waals surface area contributed by atoms with Crippen LogP contribution in [-0.2, 0) is 6.54 Å². The van der Waals surface area contributed by atoms with E-state index in [-0.39, 0.29) is 18.4 Å². The zero-order valence-electron chi connectivity index (χ0n) is 12.3. The molecular weight excluding hydrogens is 284 g/mol. The molecule has 2 atom stereocenters. The zero-order chi connectivity index (χ0) is 15.5. The minimum absolute atomic E-state index is 0.0313. The van der Waals surface area contributed by atoms with Gasteiger partial charge < -0.3 is 5.11 Å². The molecule has 22 heavy (non-hydrogen) atoms. The fraction of sp³-hybridized carbons (Fsp3) is 0.333. The molecule has 0 amide bonds. The Morgan fingerprint density at radius 2 is 1.77 bits per heavy atom. The van der Waals surface area contributed by atoms with Crippen LogP contribution in [0.2, 0.25) is 0 Å². The third-order valence-corrected chi connectivity index (χ3v) is 4.37. The van der Waals surface area contributed by atoms with E-state index in [4.69, 9.17) is 0 Å². The molecule has 0 aromatic heterocycles. The van der Waals surface area contributed by atoms with Crippen molar-refractivity contribution in [3.8, 4) is 0 Å². The molecule has 1 N–H and O–H groups in total. The van der Waals surface area contributed by atoms with Gasteiger partial charge in [-0.2, -0.15) is 0 Å². The third kappa shape index (κ3) is 3.18. The molecule has 0 saturated carbocycles. The van der Waals surface area contributed by atoms with E-state index in [0.717, 1.165) is 25.2 Å². The van der Waals surface area contributed by atoms with Crippen molar-refractivity contribution in [1.82, 2.24) is 4.90 Å². The summed E-state index contributed by atoms with van der Waals surface area (Å²) < 4.78 is 26.6. The SMILES string of the molecule is OCC1CN(Cc2ccccc2)CC1c1ccc(F)c(F)c1. The Hall–Kier alpha value is -1.78. The van der Waals surface area contributed by atoms with E-state index in [1.807, 2.05) is 18.2 Å². The number of hydrogen-bond donors (Lipinski definition) is 1. The van der Waals surface area contributed by atoms with Gasteiger partial charge in [-0.15, -0.1) is 0 Å². The van der Waals surface area contributed by atoms with Crippen molar-refractivity contribution < 1.29 is 13.9 Å². The number of likely N-dealkylation sites (tertiary alicyclic amines) is 1. The summed E-state index contributed by atoms with van der Waals surface area (Å²) in [6.07, 6.45) is 0. The van der Waals surface area contributed by atoms with Crippen LogP contribution < -0.4 is 0 Å². The van der Waals surface area contributed by atoms with Gasteiger partial charge in [0.2, 0.25) is 0 Å². The van der Waals surface area contributed by atoms with Crippen LogP contribution in [0.1, 0.15) is 17.0 Å². The first kappa shape index (κ1) is 15.1. The predicted molar refractivity (Wildman–Crippen MR) is 81.4 cm³/mol. The van der Waals surface area contributed by atoms with Crippen LogP contribution in [0.5, 0.6) is 0 Å². The van der Waals surface area contributed by atoms with Crippen molar-refractivity contribution in [2.75, 3.05) is 19.7 Å². The predicted octanol–water partition coefficient (Wildman–Crippen LogP) is 3.17. The van der Waals surface area contributed by atoms with Crippen LogP contribution >= 0.6 is 0 Å². The summed E-state index contributed by atoms with van der Waals surface area (Å²) in [4.78, 5) is 2.25. The number of aliphatic hydroxyl groups excluding tert-OH is 1. The number of halogens is 2. The maximum atomic E-state index is 13.5. The fourth-order valence-corrected chi connectivity index (χ4v) is 3.24. The summed E-state index contributed by atoms with van der Waals surface area (Å²) >= 11 is 0. The Labute approximate surface area is 129 Å². The molecule has 2 unspecified atom stereocenters. The van der Waals surface area contributed by atoms with Gasteiger partial charge in [-0.1, -0.05) is 36.4 Å². The standard InChI is InChI=1S/C18H19F2NO/c19-17-7-6-14(8-18(17)20)16-11-21(10-15(16)12-22)9-13-4-2-1-3-5-13/h1-8,15-16,22H,9-12H2. The molecule has 3 rings (SSSR count). The highest BCUT2D eigenvalue weighted by atomic mass is 19.2. The van der Waals surface area contributed by atoms with E-state index in [9.17, 15) is 13.9 Å². The van der Waals surface area contributed by atoms with E-state index >= 15 is 0 Å². The number of aliphatic hydroxyl groups is 1. The number of nitrogens with zero attached hydrogens (tertiary/aromatic N) is 1. The van der Waals surface area contributed by atoms with Crippen LogP contribution in [0.3, 0.4) is 0 Å². The summed E-state index contributed by atoms with van der Waals surface area (Å²) in [5.74, 6) is -1.57. The first-order valence-corrected chi connectivity index (χ1v) is 7.49. The van der Waals surface area contributed by atoms with Crippen LogP contribution in [0.15, 0.2) is 48.5 Å². The van der Waals surface area contributed by atoms with Gasteiger partial charge in [0.05, 0.1) is 0 Å². The van der Waals surface area contributed by atoms with Crippen molar-refractivity contribution >= 4 is 0 Å². The van der Waals surface area contributed by atoms with Gasteiger partial charge >= 0.3 is 0 Å². The third-order valence-electron chi connectivity index (χ3n) is 4.37. The van der Waals surface area contributed by atoms with E-state index in [0.29, 0.717) is 0 Å². The maximum Gasteiger partial charge on any atom is 0.159 e. The molecule has 0 spiro atoms. The second kappa shape index (κ2) is 6.55. The van der Waals surface area contributed by atoms with E-state index in [1.165, 1.54) is 17.7 Å². The lowest BCUT2D eigenvalue weighted by molar-refractivity contribution is 0.214. The maximum absolute atomic E-state index is 13.5. The molecule has 1 aliphatic heterocycles. The van der Waals surface area contributed by atoms with Gasteiger partial charge in [0.15, 0.2) is 11.6 Å². The lowest BCUT2D eigenvalue weighted by atomic mass is 9.89. The van der Waals surface area contributed by atoms with Crippen molar-refractivity contribution in [2.45, 2.75) is 12.5 Å². The minimum atomic E-state index is -0.830. The molecule has 2 aromatic rings. The summed E-state index contributed by atoms with van der Waals surface area (Å²) in [7, 11) is 0. The van der Waals surface area contributed by atoms with Crippen molar-refractivity contribution in [1.29, 1.82) is 0 Å². The molecule has 1 fully saturated rings. The average molecular weight is 303 g/mol. The molecule has 116 valence electrons. The summed E-state index contributed by atoms with van der Waals surface area (Å²) in [5.41, 5.74) is 1.97. The van der Waals surface area contributed by atoms with Gasteiger partial charge in [-0.05, 0) is 23.3 Å². The van der Waals surface area contributed by atoms with E-state index in [1.54, 1.807) is 6.07 Å². The summed E-state index contributed by atoms with van der Waals surface area (Å²) in [6, 6.07) is 14.2. The second-order valence-electron chi connectivity index (χ2n) is 5.90. The van der Waals surface area contributed by atoms with E-state index < -0.39 is 11.6 Å². The van der Waals surface area contributed by atoms with Gasteiger partial charge in [0, 0.05) is 38.1 Å². The Balaban J connectivity index is 1.75. The molecule has 0 radical (unpaired) electrons. The molecule has 1 heterocycles. The quantitative estimate of drug-likeness (QED) is 0.938. The molecule has 1 aliphatic rings. The Kier molecular flexibility index (Phi) is 4.50. The summed E-state index contributed by atoms with van der Waals surface area (Å²) in [5, 5.41) is 9.61. The minimum Gasteiger partial charge on any atom is -0.396 e. The summed E-state index contributed by atoms with van der Waals surface area (Å²) in [6.45, 7) is 2.35. The molecular formula is C18H19F2NO. The fourth-order valence-electron chi connectivity index (χ4n) is 3.24. The Bertz CT molecular complexity index is 632. The van der Waals surface area contributed by atoms with Crippen LogP contribution in [0, 0.1) is 17.6 Å². The van der Waals surface area contributed by atoms with Gasteiger partial charge in [-0.25, -0.2) is 8.78 Å². The van der Waals surface area contributed by atoms with Crippen LogP contribution in [0.4, 0.5) is 8.78 Å². The lowest BCUT2D eigenvalue weighted by Gasteiger charge is -2.17. The highest BCUT2D eigenvalue weighted by Gasteiger charge is 2.33. The number of hydrogen-bond acceptors (Lipinski definition) is 2. The molecule has 2 nitrogen and oxygen atoms in total. The van der Waals surface area contributed by atoms with Crippen LogP contribution in [0.25, 0.3) is 0 Å². The average Bonchev–Trinajstić information content (AvgIpc) is 2.94. The number of rotatable bonds is 4. The molecule has 0 aliphatic carbocycles. The monoisotopic (exact) mass is 303 g/mol. The van der Waals surface area contributed by atoms with E-state index in [2.05, 4.69) is 17.0 Å². The topological polar surface area (TPSA) is 23.5 Å². The smallest absolute Gasteiger partial charge is 0.159 e. The zero-order valence-corrected chi connectivity index (χ0v) is 12.3. The second-order valence-corrected chi connectivity index (χ2v) is 5.90. The molecule has 1 saturated heterocycles. The lowest BCUT2D eigenvalue weighted by Crippen LogP contribution is -2.20. The van der Waals surface area contributed by atoms with Crippen molar-refractivity contribution in [2.24, 2.45) is 5.92 Å². The largest absolute Gasteiger partial charge is 0.396 e. The molecule has 0 bridgehead atoms. The highest BCUT2D eigenvalue weighted by molar-refractivity contribution is 5.25. The van der Waals surface area contributed by atoms with Crippen molar-refractivity contribution in [3.05, 3.63) is 71.3 Å². The molecule has 4 heteroatoms. The first-order valence-electron chi connectivity index (χ1n) is 7.49. The van der Waals surface area contributed by atoms with Crippen LogP contribution in [-0.4, -0.2) is 29.7 Å². The van der Waals surface area contributed by atoms with Gasteiger partial charge in [-0.3, -0.25) is 4.90 Å². The molecule has 2 aromatic carbocycles. The Morgan fingerprint density at radius 3 is 2.45 bits per heavy atom. The first-order chi connectivity index (χ1) is 10.7. The highest BCUT2D eigenvalue weighted by Crippen LogP contribution is 2.33. The normalized spacial score (nSPS) is 22.1. The van der Waals surface area contributed by atoms with Crippen molar-refractivity contribution in [3.63, 3.8) is 0 Å². The Morgan fingerprint density at radius 1 is 1.00 bits per heavy atom. The number of benzene rings is 2.